The van der Waals surface area contributed by atoms with Crippen molar-refractivity contribution in [3.8, 4) is 5.69 Å². The van der Waals surface area contributed by atoms with Crippen molar-refractivity contribution in [3.63, 3.8) is 0 Å². The zero-order chi connectivity index (χ0) is 18.4. The van der Waals surface area contributed by atoms with Gasteiger partial charge in [0, 0.05) is 18.8 Å². The minimum atomic E-state index is 0.0987. The van der Waals surface area contributed by atoms with Crippen LogP contribution in [0.15, 0.2) is 65.8 Å². The molecule has 0 aliphatic heterocycles. The maximum atomic E-state index is 12.7. The van der Waals surface area contributed by atoms with E-state index in [0.29, 0.717) is 18.8 Å². The van der Waals surface area contributed by atoms with Gasteiger partial charge in [-0.25, -0.2) is 0 Å². The second-order valence-corrected chi connectivity index (χ2v) is 6.83. The zero-order valence-corrected chi connectivity index (χ0v) is 15.8. The quantitative estimate of drug-likeness (QED) is 0.598. The van der Waals surface area contributed by atoms with E-state index >= 15 is 0 Å². The molecule has 134 valence electrons. The van der Waals surface area contributed by atoms with Crippen LogP contribution in [0.4, 0.5) is 0 Å². The molecule has 5 nitrogen and oxygen atoms in total. The molecule has 0 fully saturated rings. The van der Waals surface area contributed by atoms with Crippen molar-refractivity contribution < 1.29 is 4.79 Å². The summed E-state index contributed by atoms with van der Waals surface area (Å²) in [7, 11) is 0. The molecule has 0 spiro atoms. The van der Waals surface area contributed by atoms with Crippen LogP contribution in [-0.2, 0) is 11.3 Å². The van der Waals surface area contributed by atoms with Gasteiger partial charge >= 0.3 is 0 Å². The van der Waals surface area contributed by atoms with Crippen LogP contribution in [-0.4, -0.2) is 37.9 Å². The highest BCUT2D eigenvalue weighted by Crippen LogP contribution is 2.22. The molecule has 0 N–H and O–H groups in total. The molecule has 0 bridgehead atoms. The number of aromatic nitrogens is 3. The van der Waals surface area contributed by atoms with Gasteiger partial charge in [-0.15, -0.1) is 10.2 Å². The average Bonchev–Trinajstić information content (AvgIpc) is 3.06. The number of carbonyl (C=O) groups is 1. The lowest BCUT2D eigenvalue weighted by molar-refractivity contribution is -0.128. The largest absolute Gasteiger partial charge is 0.338 e. The number of hydrogen-bond acceptors (Lipinski definition) is 4. The van der Waals surface area contributed by atoms with E-state index in [2.05, 4.69) is 10.2 Å². The SMILES string of the molecule is CCN(Cc1ccccc1)C(=O)CSc1nnc(C)n1-c1ccccc1. The van der Waals surface area contributed by atoms with Crippen LogP contribution in [0.25, 0.3) is 5.69 Å². The molecule has 0 unspecified atom stereocenters. The number of rotatable bonds is 7. The van der Waals surface area contributed by atoms with Crippen molar-refractivity contribution in [2.24, 2.45) is 0 Å². The Kier molecular flexibility index (Phi) is 6.07. The first-order valence-corrected chi connectivity index (χ1v) is 9.59. The standard InChI is InChI=1S/C20H22N4OS/c1-3-23(14-17-10-6-4-7-11-17)19(25)15-26-20-22-21-16(2)24(20)18-12-8-5-9-13-18/h4-13H,3,14-15H2,1-2H3. The first-order valence-electron chi connectivity index (χ1n) is 8.61. The molecule has 26 heavy (non-hydrogen) atoms. The van der Waals surface area contributed by atoms with Crippen LogP contribution in [0, 0.1) is 6.92 Å². The number of aryl methyl sites for hydroxylation is 1. The lowest BCUT2D eigenvalue weighted by Gasteiger charge is -2.20. The second-order valence-electron chi connectivity index (χ2n) is 5.88. The smallest absolute Gasteiger partial charge is 0.233 e. The summed E-state index contributed by atoms with van der Waals surface area (Å²) in [6.45, 7) is 5.22. The molecule has 3 aromatic rings. The Morgan fingerprint density at radius 3 is 2.35 bits per heavy atom. The highest BCUT2D eigenvalue weighted by Gasteiger charge is 2.16. The molecule has 1 amide bonds. The van der Waals surface area contributed by atoms with Gasteiger partial charge < -0.3 is 4.90 Å². The maximum Gasteiger partial charge on any atom is 0.233 e. The number of nitrogens with zero attached hydrogens (tertiary/aromatic N) is 4. The van der Waals surface area contributed by atoms with Crippen molar-refractivity contribution in [1.82, 2.24) is 19.7 Å². The fourth-order valence-electron chi connectivity index (χ4n) is 2.71. The van der Waals surface area contributed by atoms with Crippen molar-refractivity contribution in [1.29, 1.82) is 0 Å². The number of carbonyl (C=O) groups excluding carboxylic acids is 1. The molecular weight excluding hydrogens is 344 g/mol. The Labute approximate surface area is 158 Å². The summed E-state index contributed by atoms with van der Waals surface area (Å²) in [6, 6.07) is 20.0. The van der Waals surface area contributed by atoms with Crippen LogP contribution < -0.4 is 0 Å². The van der Waals surface area contributed by atoms with E-state index in [0.717, 1.165) is 22.2 Å². The summed E-state index contributed by atoms with van der Waals surface area (Å²) in [6.07, 6.45) is 0. The third kappa shape index (κ3) is 4.32. The summed E-state index contributed by atoms with van der Waals surface area (Å²) in [5, 5.41) is 9.14. The van der Waals surface area contributed by atoms with Crippen molar-refractivity contribution in [3.05, 3.63) is 72.1 Å². The van der Waals surface area contributed by atoms with Gasteiger partial charge in [0.15, 0.2) is 5.16 Å². The average molecular weight is 366 g/mol. The molecule has 0 aliphatic carbocycles. The number of hydrogen-bond donors (Lipinski definition) is 0. The van der Waals surface area contributed by atoms with Crippen LogP contribution in [0.3, 0.4) is 0 Å². The summed E-state index contributed by atoms with van der Waals surface area (Å²) < 4.78 is 1.98. The van der Waals surface area contributed by atoms with E-state index in [-0.39, 0.29) is 5.91 Å². The molecule has 0 saturated carbocycles. The lowest BCUT2D eigenvalue weighted by Crippen LogP contribution is -2.31. The van der Waals surface area contributed by atoms with Gasteiger partial charge in [0.25, 0.3) is 0 Å². The summed E-state index contributed by atoms with van der Waals surface area (Å²) >= 11 is 1.42. The van der Waals surface area contributed by atoms with E-state index in [1.54, 1.807) is 0 Å². The van der Waals surface area contributed by atoms with Crippen LogP contribution in [0.1, 0.15) is 18.3 Å². The van der Waals surface area contributed by atoms with Crippen molar-refractivity contribution >= 4 is 17.7 Å². The summed E-state index contributed by atoms with van der Waals surface area (Å²) in [4.78, 5) is 14.5. The van der Waals surface area contributed by atoms with Crippen molar-refractivity contribution in [2.75, 3.05) is 12.3 Å². The predicted octanol–water partition coefficient (Wildman–Crippen LogP) is 3.72. The minimum absolute atomic E-state index is 0.0987. The fourth-order valence-corrected chi connectivity index (χ4v) is 3.61. The lowest BCUT2D eigenvalue weighted by atomic mass is 10.2. The maximum absolute atomic E-state index is 12.7. The highest BCUT2D eigenvalue weighted by molar-refractivity contribution is 7.99. The number of amides is 1. The monoisotopic (exact) mass is 366 g/mol. The van der Waals surface area contributed by atoms with E-state index in [1.165, 1.54) is 11.8 Å². The molecule has 0 radical (unpaired) electrons. The summed E-state index contributed by atoms with van der Waals surface area (Å²) in [5.41, 5.74) is 2.14. The second kappa shape index (κ2) is 8.67. The normalized spacial score (nSPS) is 10.7. The molecular formula is C20H22N4OS. The Hall–Kier alpha value is -2.60. The predicted molar refractivity (Wildman–Crippen MR) is 104 cm³/mol. The van der Waals surface area contributed by atoms with Gasteiger partial charge in [0.2, 0.25) is 5.91 Å². The Balaban J connectivity index is 1.68. The molecule has 6 heteroatoms. The zero-order valence-electron chi connectivity index (χ0n) is 15.0. The Morgan fingerprint density at radius 1 is 1.04 bits per heavy atom. The van der Waals surface area contributed by atoms with Gasteiger partial charge in [-0.1, -0.05) is 60.3 Å². The molecule has 0 atom stereocenters. The Bertz CT molecular complexity index is 849. The van der Waals surface area contributed by atoms with Crippen LogP contribution >= 0.6 is 11.8 Å². The van der Waals surface area contributed by atoms with E-state index in [9.17, 15) is 4.79 Å². The molecule has 1 heterocycles. The molecule has 2 aromatic carbocycles. The highest BCUT2D eigenvalue weighted by atomic mass is 32.2. The fraction of sp³-hybridized carbons (Fsp3) is 0.250. The first-order chi connectivity index (χ1) is 12.7. The third-order valence-electron chi connectivity index (χ3n) is 4.08. The number of benzene rings is 2. The summed E-state index contributed by atoms with van der Waals surface area (Å²) in [5.74, 6) is 1.25. The third-order valence-corrected chi connectivity index (χ3v) is 5.00. The molecule has 1 aromatic heterocycles. The van der Waals surface area contributed by atoms with E-state index in [4.69, 9.17) is 0 Å². The molecule has 0 aliphatic rings. The van der Waals surface area contributed by atoms with Gasteiger partial charge in [-0.2, -0.15) is 0 Å². The van der Waals surface area contributed by atoms with Gasteiger partial charge in [-0.05, 0) is 31.5 Å². The number of para-hydroxylation sites is 1. The van der Waals surface area contributed by atoms with Crippen LogP contribution in [0.2, 0.25) is 0 Å². The van der Waals surface area contributed by atoms with Crippen LogP contribution in [0.5, 0.6) is 0 Å². The van der Waals surface area contributed by atoms with E-state index in [1.807, 2.05) is 84.0 Å². The van der Waals surface area contributed by atoms with Gasteiger partial charge in [0.1, 0.15) is 5.82 Å². The first kappa shape index (κ1) is 18.2. The van der Waals surface area contributed by atoms with Gasteiger partial charge in [0.05, 0.1) is 5.75 Å². The molecule has 3 rings (SSSR count). The molecule has 0 saturated heterocycles. The number of thioether (sulfide) groups is 1. The topological polar surface area (TPSA) is 51.0 Å². The Morgan fingerprint density at radius 2 is 1.69 bits per heavy atom. The van der Waals surface area contributed by atoms with Crippen molar-refractivity contribution in [2.45, 2.75) is 25.5 Å². The van der Waals surface area contributed by atoms with Gasteiger partial charge in [-0.3, -0.25) is 9.36 Å². The minimum Gasteiger partial charge on any atom is -0.338 e. The van der Waals surface area contributed by atoms with E-state index < -0.39 is 0 Å².